The molecule has 0 aliphatic rings. The average Bonchev–Trinajstić information content (AvgIpc) is 2.42. The van der Waals surface area contributed by atoms with Crippen LogP contribution in [-0.4, -0.2) is 5.88 Å². The average molecular weight is 301 g/mol. The lowest BCUT2D eigenvalue weighted by molar-refractivity contribution is 0.353. The molecule has 19 heavy (non-hydrogen) atoms. The highest BCUT2D eigenvalue weighted by Crippen LogP contribution is 2.25. The van der Waals surface area contributed by atoms with Gasteiger partial charge in [0.25, 0.3) is 0 Å². The second-order valence-electron chi connectivity index (χ2n) is 5.51. The van der Waals surface area contributed by atoms with E-state index in [1.807, 2.05) is 12.1 Å². The highest BCUT2D eigenvalue weighted by atomic mass is 35.5. The predicted molar refractivity (Wildman–Crippen MR) is 87.3 cm³/mol. The summed E-state index contributed by atoms with van der Waals surface area (Å²) in [4.78, 5) is 0. The maximum atomic E-state index is 6.16. The van der Waals surface area contributed by atoms with E-state index in [9.17, 15) is 0 Å². The van der Waals surface area contributed by atoms with Crippen LogP contribution < -0.4 is 0 Å². The van der Waals surface area contributed by atoms with Gasteiger partial charge in [-0.25, -0.2) is 0 Å². The minimum atomic E-state index is 0.571. The van der Waals surface area contributed by atoms with E-state index in [-0.39, 0.29) is 0 Å². The second kappa shape index (κ2) is 9.66. The van der Waals surface area contributed by atoms with E-state index in [1.54, 1.807) is 0 Å². The molecule has 2 heteroatoms. The minimum Gasteiger partial charge on any atom is -0.126 e. The molecule has 0 heterocycles. The number of unbranched alkanes of at least 4 members (excludes halogenated alkanes) is 1. The Kier molecular flexibility index (Phi) is 8.57. The van der Waals surface area contributed by atoms with Gasteiger partial charge in [-0.3, -0.25) is 0 Å². The van der Waals surface area contributed by atoms with Crippen LogP contribution >= 0.6 is 23.2 Å². The predicted octanol–water partition coefficient (Wildman–Crippen LogP) is 6.34. The van der Waals surface area contributed by atoms with Crippen molar-refractivity contribution in [2.24, 2.45) is 11.8 Å². The third-order valence-corrected chi connectivity index (χ3v) is 4.51. The topological polar surface area (TPSA) is 0 Å². The van der Waals surface area contributed by atoms with Crippen LogP contribution in [0.3, 0.4) is 0 Å². The van der Waals surface area contributed by atoms with Gasteiger partial charge in [-0.2, -0.15) is 0 Å². The summed E-state index contributed by atoms with van der Waals surface area (Å²) in [6, 6.07) is 8.17. The number of hydrogen-bond donors (Lipinski definition) is 0. The highest BCUT2D eigenvalue weighted by Gasteiger charge is 2.15. The van der Waals surface area contributed by atoms with E-state index in [1.165, 1.54) is 37.7 Å². The molecule has 0 saturated carbocycles. The molecule has 2 unspecified atom stereocenters. The fourth-order valence-corrected chi connectivity index (χ4v) is 3.10. The molecule has 0 aliphatic heterocycles. The molecule has 0 radical (unpaired) electrons. The van der Waals surface area contributed by atoms with Crippen LogP contribution in [0.25, 0.3) is 0 Å². The first kappa shape index (κ1) is 16.9. The van der Waals surface area contributed by atoms with Crippen molar-refractivity contribution in [2.75, 3.05) is 5.88 Å². The van der Waals surface area contributed by atoms with Gasteiger partial charge in [-0.15, -0.1) is 11.6 Å². The lowest BCUT2D eigenvalue weighted by Gasteiger charge is -2.21. The summed E-state index contributed by atoms with van der Waals surface area (Å²) in [5.41, 5.74) is 1.31. The van der Waals surface area contributed by atoms with Gasteiger partial charge in [-0.05, 0) is 42.4 Å². The van der Waals surface area contributed by atoms with E-state index < -0.39 is 0 Å². The van der Waals surface area contributed by atoms with Gasteiger partial charge in [0.05, 0.1) is 0 Å². The summed E-state index contributed by atoms with van der Waals surface area (Å²) >= 11 is 12.2. The monoisotopic (exact) mass is 300 g/mol. The molecule has 0 nitrogen and oxygen atoms in total. The van der Waals surface area contributed by atoms with E-state index in [0.29, 0.717) is 5.92 Å². The quantitative estimate of drug-likeness (QED) is 0.466. The Hall–Kier alpha value is -0.200. The molecule has 0 aliphatic carbocycles. The van der Waals surface area contributed by atoms with Gasteiger partial charge in [0.15, 0.2) is 0 Å². The van der Waals surface area contributed by atoms with Gasteiger partial charge in [0.1, 0.15) is 0 Å². The van der Waals surface area contributed by atoms with Gasteiger partial charge in [0, 0.05) is 10.9 Å². The summed E-state index contributed by atoms with van der Waals surface area (Å²) < 4.78 is 0. The summed E-state index contributed by atoms with van der Waals surface area (Å²) in [6.45, 7) is 4.56. The standard InChI is InChI=1S/C17H26Cl2/c1-3-5-7-14(4-2)10-16(13-18)11-15-8-6-9-17(19)12-15/h6,8-9,12,14,16H,3-5,7,10-11,13H2,1-2H3. The van der Waals surface area contributed by atoms with Crippen molar-refractivity contribution in [1.82, 2.24) is 0 Å². The SMILES string of the molecule is CCCCC(CC)CC(CCl)Cc1cccc(Cl)c1. The molecule has 1 aromatic carbocycles. The number of hydrogen-bond acceptors (Lipinski definition) is 0. The summed E-state index contributed by atoms with van der Waals surface area (Å²) in [5, 5.41) is 0.823. The molecule has 0 spiro atoms. The zero-order valence-corrected chi connectivity index (χ0v) is 13.7. The zero-order valence-electron chi connectivity index (χ0n) is 12.2. The van der Waals surface area contributed by atoms with Crippen LogP contribution in [-0.2, 0) is 6.42 Å². The van der Waals surface area contributed by atoms with E-state index in [2.05, 4.69) is 26.0 Å². The fourth-order valence-electron chi connectivity index (χ4n) is 2.65. The Bertz CT molecular complexity index is 349. The summed E-state index contributed by atoms with van der Waals surface area (Å²) in [6.07, 6.45) is 7.53. The van der Waals surface area contributed by atoms with E-state index in [0.717, 1.165) is 23.2 Å². The fraction of sp³-hybridized carbons (Fsp3) is 0.647. The molecule has 2 atom stereocenters. The summed E-state index contributed by atoms with van der Waals surface area (Å²) in [5.74, 6) is 2.14. The van der Waals surface area contributed by atoms with E-state index >= 15 is 0 Å². The molecule has 0 fully saturated rings. The third kappa shape index (κ3) is 6.68. The molecule has 0 aromatic heterocycles. The van der Waals surface area contributed by atoms with Crippen molar-refractivity contribution in [1.29, 1.82) is 0 Å². The van der Waals surface area contributed by atoms with E-state index in [4.69, 9.17) is 23.2 Å². The first-order valence-corrected chi connectivity index (χ1v) is 8.41. The van der Waals surface area contributed by atoms with Gasteiger partial charge >= 0.3 is 0 Å². The van der Waals surface area contributed by atoms with Crippen LogP contribution in [0.2, 0.25) is 5.02 Å². The molecule has 1 rings (SSSR count). The molecule has 0 amide bonds. The minimum absolute atomic E-state index is 0.571. The van der Waals surface area contributed by atoms with Gasteiger partial charge in [-0.1, -0.05) is 63.3 Å². The smallest absolute Gasteiger partial charge is 0.0408 e. The van der Waals surface area contributed by atoms with Crippen molar-refractivity contribution < 1.29 is 0 Å². The van der Waals surface area contributed by atoms with Crippen molar-refractivity contribution >= 4 is 23.2 Å². The van der Waals surface area contributed by atoms with Gasteiger partial charge < -0.3 is 0 Å². The van der Waals surface area contributed by atoms with Crippen molar-refractivity contribution in [3.05, 3.63) is 34.9 Å². The van der Waals surface area contributed by atoms with Crippen molar-refractivity contribution in [3.63, 3.8) is 0 Å². The molecular weight excluding hydrogens is 275 g/mol. The van der Waals surface area contributed by atoms with Crippen LogP contribution in [0.15, 0.2) is 24.3 Å². The Labute approximate surface area is 128 Å². The van der Waals surface area contributed by atoms with Crippen molar-refractivity contribution in [3.8, 4) is 0 Å². The number of rotatable bonds is 9. The number of alkyl halides is 1. The third-order valence-electron chi connectivity index (χ3n) is 3.84. The summed E-state index contributed by atoms with van der Waals surface area (Å²) in [7, 11) is 0. The first-order chi connectivity index (χ1) is 9.19. The Morgan fingerprint density at radius 1 is 1.16 bits per heavy atom. The molecule has 0 saturated heterocycles. The van der Waals surface area contributed by atoms with Gasteiger partial charge in [0.2, 0.25) is 0 Å². The largest absolute Gasteiger partial charge is 0.126 e. The highest BCUT2D eigenvalue weighted by molar-refractivity contribution is 6.30. The van der Waals surface area contributed by atoms with Crippen LogP contribution in [0.5, 0.6) is 0 Å². The molecule has 0 N–H and O–H groups in total. The molecular formula is C17H26Cl2. The lowest BCUT2D eigenvalue weighted by Crippen LogP contribution is -2.13. The maximum Gasteiger partial charge on any atom is 0.0408 e. The second-order valence-corrected chi connectivity index (χ2v) is 6.25. The Balaban J connectivity index is 2.52. The normalized spacial score (nSPS) is 14.3. The molecule has 108 valence electrons. The molecule has 0 bridgehead atoms. The van der Waals surface area contributed by atoms with Crippen molar-refractivity contribution in [2.45, 2.75) is 52.4 Å². The number of halogens is 2. The van der Waals surface area contributed by atoms with Crippen LogP contribution in [0.1, 0.15) is 51.5 Å². The van der Waals surface area contributed by atoms with Crippen LogP contribution in [0.4, 0.5) is 0 Å². The Morgan fingerprint density at radius 2 is 1.95 bits per heavy atom. The number of benzene rings is 1. The first-order valence-electron chi connectivity index (χ1n) is 7.49. The van der Waals surface area contributed by atoms with Crippen LogP contribution in [0, 0.1) is 11.8 Å². The molecule has 1 aromatic rings. The lowest BCUT2D eigenvalue weighted by atomic mass is 9.86. The Morgan fingerprint density at radius 3 is 2.53 bits per heavy atom. The zero-order chi connectivity index (χ0) is 14.1. The maximum absolute atomic E-state index is 6.16.